The highest BCUT2D eigenvalue weighted by atomic mass is 32.2. The van der Waals surface area contributed by atoms with Crippen LogP contribution in [-0.4, -0.2) is 5.97 Å². The number of halogens is 1. The molecule has 2 aromatic rings. The van der Waals surface area contributed by atoms with E-state index in [1.54, 1.807) is 18.2 Å². The van der Waals surface area contributed by atoms with Gasteiger partial charge in [-0.1, -0.05) is 36.0 Å². The lowest BCUT2D eigenvalue weighted by molar-refractivity contribution is -0.132. The smallest absolute Gasteiger partial charge is 0.308 e. The number of carbonyl (C=O) groups excluding carboxylic acids is 1. The molecule has 0 heterocycles. The van der Waals surface area contributed by atoms with Gasteiger partial charge in [0.2, 0.25) is 0 Å². The van der Waals surface area contributed by atoms with Gasteiger partial charge in [-0.2, -0.15) is 0 Å². The molecule has 0 N–H and O–H groups in total. The van der Waals surface area contributed by atoms with E-state index in [0.717, 1.165) is 10.5 Å². The third kappa shape index (κ3) is 4.24. The predicted octanol–water partition coefficient (Wildman–Crippen LogP) is 4.51. The highest BCUT2D eigenvalue weighted by molar-refractivity contribution is 8.02. The first-order valence-electron chi connectivity index (χ1n) is 6.01. The van der Waals surface area contributed by atoms with Crippen molar-refractivity contribution >= 4 is 23.8 Å². The van der Waals surface area contributed by atoms with Crippen LogP contribution in [0.1, 0.15) is 12.5 Å². The summed E-state index contributed by atoms with van der Waals surface area (Å²) in [5.74, 6) is -0.0654. The standard InChI is InChI=1S/C16H13FO2S/c1-12(18)19-15-4-2-3-5-16(15)20-11-10-13-6-8-14(17)9-7-13/h2-11H,1H3/b11-10-. The molecule has 0 radical (unpaired) electrons. The molecule has 2 rings (SSSR count). The minimum absolute atomic E-state index is 0.255. The van der Waals surface area contributed by atoms with Gasteiger partial charge < -0.3 is 4.74 Å². The topological polar surface area (TPSA) is 26.3 Å². The summed E-state index contributed by atoms with van der Waals surface area (Å²) in [4.78, 5) is 11.9. The summed E-state index contributed by atoms with van der Waals surface area (Å²) >= 11 is 1.44. The summed E-state index contributed by atoms with van der Waals surface area (Å²) in [7, 11) is 0. The molecule has 0 unspecified atom stereocenters. The Kier molecular flexibility index (Phi) is 4.96. The first-order chi connectivity index (χ1) is 9.65. The predicted molar refractivity (Wildman–Crippen MR) is 79.0 cm³/mol. The van der Waals surface area contributed by atoms with Crippen LogP contribution in [0.5, 0.6) is 5.75 Å². The normalized spacial score (nSPS) is 10.7. The van der Waals surface area contributed by atoms with E-state index in [0.29, 0.717) is 5.75 Å². The Morgan fingerprint density at radius 2 is 1.85 bits per heavy atom. The molecule has 0 spiro atoms. The molecule has 2 nitrogen and oxygen atoms in total. The lowest BCUT2D eigenvalue weighted by atomic mass is 10.2. The molecule has 4 heteroatoms. The number of hydrogen-bond acceptors (Lipinski definition) is 3. The van der Waals surface area contributed by atoms with Crippen LogP contribution in [0.3, 0.4) is 0 Å². The largest absolute Gasteiger partial charge is 0.426 e. The van der Waals surface area contributed by atoms with E-state index in [9.17, 15) is 9.18 Å². The minimum atomic E-state index is -0.347. The molecule has 0 fully saturated rings. The summed E-state index contributed by atoms with van der Waals surface area (Å²) in [5.41, 5.74) is 0.906. The van der Waals surface area contributed by atoms with Crippen molar-refractivity contribution in [3.8, 4) is 5.75 Å². The van der Waals surface area contributed by atoms with Gasteiger partial charge in [-0.15, -0.1) is 0 Å². The van der Waals surface area contributed by atoms with Gasteiger partial charge in [0.05, 0.1) is 4.90 Å². The van der Waals surface area contributed by atoms with Crippen LogP contribution in [0.2, 0.25) is 0 Å². The molecule has 2 aromatic carbocycles. The van der Waals surface area contributed by atoms with E-state index in [1.165, 1.54) is 30.8 Å². The fourth-order valence-corrected chi connectivity index (χ4v) is 2.30. The lowest BCUT2D eigenvalue weighted by Gasteiger charge is -2.05. The summed E-state index contributed by atoms with van der Waals surface area (Å²) in [6.07, 6.45) is 1.87. The van der Waals surface area contributed by atoms with Crippen molar-refractivity contribution in [2.75, 3.05) is 0 Å². The van der Waals surface area contributed by atoms with Crippen molar-refractivity contribution in [3.05, 3.63) is 65.3 Å². The van der Waals surface area contributed by atoms with E-state index in [4.69, 9.17) is 4.74 Å². The quantitative estimate of drug-likeness (QED) is 0.470. The van der Waals surface area contributed by atoms with E-state index in [-0.39, 0.29) is 11.8 Å². The summed E-state index contributed by atoms with van der Waals surface area (Å²) < 4.78 is 17.9. The van der Waals surface area contributed by atoms with Crippen LogP contribution in [0.4, 0.5) is 4.39 Å². The first kappa shape index (κ1) is 14.3. The van der Waals surface area contributed by atoms with Crippen LogP contribution in [0, 0.1) is 5.82 Å². The van der Waals surface area contributed by atoms with Crippen molar-refractivity contribution < 1.29 is 13.9 Å². The Morgan fingerprint density at radius 1 is 1.15 bits per heavy atom. The van der Waals surface area contributed by atoms with Crippen LogP contribution >= 0.6 is 11.8 Å². The van der Waals surface area contributed by atoms with Crippen molar-refractivity contribution in [2.24, 2.45) is 0 Å². The third-order valence-corrected chi connectivity index (χ3v) is 3.29. The highest BCUT2D eigenvalue weighted by Crippen LogP contribution is 2.30. The minimum Gasteiger partial charge on any atom is -0.426 e. The van der Waals surface area contributed by atoms with Gasteiger partial charge in [0.25, 0.3) is 0 Å². The number of esters is 1. The van der Waals surface area contributed by atoms with Gasteiger partial charge in [-0.05, 0) is 41.3 Å². The first-order valence-corrected chi connectivity index (χ1v) is 6.89. The average Bonchev–Trinajstić information content (AvgIpc) is 2.42. The van der Waals surface area contributed by atoms with E-state index < -0.39 is 0 Å². The van der Waals surface area contributed by atoms with E-state index in [1.807, 2.05) is 29.7 Å². The van der Waals surface area contributed by atoms with Gasteiger partial charge in [0.15, 0.2) is 0 Å². The maximum Gasteiger partial charge on any atom is 0.308 e. The zero-order chi connectivity index (χ0) is 14.4. The summed E-state index contributed by atoms with van der Waals surface area (Å²) in [6.45, 7) is 1.37. The van der Waals surface area contributed by atoms with Crippen LogP contribution < -0.4 is 4.74 Å². The van der Waals surface area contributed by atoms with Crippen molar-refractivity contribution in [2.45, 2.75) is 11.8 Å². The maximum absolute atomic E-state index is 12.8. The molecular weight excluding hydrogens is 275 g/mol. The highest BCUT2D eigenvalue weighted by Gasteiger charge is 2.04. The molecule has 0 saturated carbocycles. The Bertz CT molecular complexity index is 621. The molecule has 0 bridgehead atoms. The van der Waals surface area contributed by atoms with E-state index >= 15 is 0 Å². The molecule has 0 aromatic heterocycles. The summed E-state index contributed by atoms with van der Waals surface area (Å²) in [6, 6.07) is 13.5. The third-order valence-electron chi connectivity index (χ3n) is 2.43. The molecule has 0 aliphatic heterocycles. The van der Waals surface area contributed by atoms with E-state index in [2.05, 4.69) is 0 Å². The number of rotatable bonds is 4. The van der Waals surface area contributed by atoms with Gasteiger partial charge in [0.1, 0.15) is 11.6 Å². The zero-order valence-electron chi connectivity index (χ0n) is 10.9. The number of thioether (sulfide) groups is 1. The molecule has 20 heavy (non-hydrogen) atoms. The molecular formula is C16H13FO2S. The second-order valence-electron chi connectivity index (χ2n) is 4.01. The molecule has 0 saturated heterocycles. The Balaban J connectivity index is 2.07. The number of carbonyl (C=O) groups is 1. The second-order valence-corrected chi connectivity index (χ2v) is 4.96. The Labute approximate surface area is 121 Å². The van der Waals surface area contributed by atoms with Crippen molar-refractivity contribution in [3.63, 3.8) is 0 Å². The van der Waals surface area contributed by atoms with Gasteiger partial charge in [-0.25, -0.2) is 4.39 Å². The number of para-hydroxylation sites is 1. The van der Waals surface area contributed by atoms with Crippen molar-refractivity contribution in [1.29, 1.82) is 0 Å². The second kappa shape index (κ2) is 6.91. The van der Waals surface area contributed by atoms with Gasteiger partial charge in [0, 0.05) is 6.92 Å². The van der Waals surface area contributed by atoms with Crippen LogP contribution in [0.15, 0.2) is 58.8 Å². The summed E-state index contributed by atoms with van der Waals surface area (Å²) in [5, 5.41) is 1.87. The Morgan fingerprint density at radius 3 is 2.55 bits per heavy atom. The van der Waals surface area contributed by atoms with Crippen LogP contribution in [0.25, 0.3) is 6.08 Å². The molecule has 0 amide bonds. The fourth-order valence-electron chi connectivity index (χ4n) is 1.55. The molecule has 0 aliphatic rings. The number of hydrogen-bond donors (Lipinski definition) is 0. The average molecular weight is 288 g/mol. The zero-order valence-corrected chi connectivity index (χ0v) is 11.7. The monoisotopic (exact) mass is 288 g/mol. The van der Waals surface area contributed by atoms with Gasteiger partial charge in [-0.3, -0.25) is 4.79 Å². The fraction of sp³-hybridized carbons (Fsp3) is 0.0625. The number of benzene rings is 2. The molecule has 102 valence electrons. The van der Waals surface area contributed by atoms with Crippen LogP contribution in [-0.2, 0) is 4.79 Å². The molecule has 0 atom stereocenters. The molecule has 0 aliphatic carbocycles. The van der Waals surface area contributed by atoms with Gasteiger partial charge >= 0.3 is 5.97 Å². The SMILES string of the molecule is CC(=O)Oc1ccccc1S/C=C\c1ccc(F)cc1. The Hall–Kier alpha value is -2.07. The lowest BCUT2D eigenvalue weighted by Crippen LogP contribution is -2.01. The van der Waals surface area contributed by atoms with Crippen molar-refractivity contribution in [1.82, 2.24) is 0 Å². The number of ether oxygens (including phenoxy) is 1. The maximum atomic E-state index is 12.8.